The molecule has 0 spiro atoms. The number of hydrogen-bond donors (Lipinski definition) is 2. The Kier molecular flexibility index (Phi) is 6.69. The van der Waals surface area contributed by atoms with Gasteiger partial charge in [0.2, 0.25) is 11.8 Å². The zero-order chi connectivity index (χ0) is 17.4. The number of nitrogens with two attached hydrogens (primary N) is 1. The fraction of sp³-hybridized carbons (Fsp3) is 0.222. The summed E-state index contributed by atoms with van der Waals surface area (Å²) in [4.78, 5) is 23.9. The van der Waals surface area contributed by atoms with Crippen molar-refractivity contribution in [2.24, 2.45) is 5.73 Å². The van der Waals surface area contributed by atoms with Gasteiger partial charge in [0.15, 0.2) is 0 Å². The Labute approximate surface area is 145 Å². The second-order valence-corrected chi connectivity index (χ2v) is 6.17. The highest BCUT2D eigenvalue weighted by Gasteiger charge is 2.08. The van der Waals surface area contributed by atoms with Crippen LogP contribution in [0.1, 0.15) is 12.0 Å². The molecule has 0 unspecified atom stereocenters. The van der Waals surface area contributed by atoms with E-state index in [9.17, 15) is 9.59 Å². The van der Waals surface area contributed by atoms with Crippen molar-refractivity contribution in [2.45, 2.75) is 17.7 Å². The number of nitrogens with one attached hydrogen (secondary N) is 1. The molecule has 2 rings (SSSR count). The molecule has 0 fully saturated rings. The third kappa shape index (κ3) is 5.62. The highest BCUT2D eigenvalue weighted by Crippen LogP contribution is 2.26. The van der Waals surface area contributed by atoms with Gasteiger partial charge in [-0.25, -0.2) is 0 Å². The molecular formula is C18H20N2O3S. The van der Waals surface area contributed by atoms with E-state index in [-0.39, 0.29) is 17.6 Å². The van der Waals surface area contributed by atoms with Crippen LogP contribution in [-0.4, -0.2) is 24.7 Å². The Morgan fingerprint density at radius 1 is 1.17 bits per heavy atom. The molecule has 24 heavy (non-hydrogen) atoms. The quantitative estimate of drug-likeness (QED) is 0.722. The molecular weight excluding hydrogens is 324 g/mol. The lowest BCUT2D eigenvalue weighted by Crippen LogP contribution is -2.15. The highest BCUT2D eigenvalue weighted by atomic mass is 32.2. The second kappa shape index (κ2) is 8.98. The van der Waals surface area contributed by atoms with Crippen LogP contribution in [0.4, 0.5) is 5.69 Å². The van der Waals surface area contributed by atoms with Crippen LogP contribution in [0.2, 0.25) is 0 Å². The van der Waals surface area contributed by atoms with Crippen LogP contribution >= 0.6 is 11.8 Å². The summed E-state index contributed by atoms with van der Waals surface area (Å²) in [6.07, 6.45) is 0.988. The number of carbonyl (C=O) groups excluding carboxylic acids is 2. The van der Waals surface area contributed by atoms with Gasteiger partial charge in [0, 0.05) is 11.3 Å². The summed E-state index contributed by atoms with van der Waals surface area (Å²) in [5.41, 5.74) is 6.91. The molecule has 2 amide bonds. The predicted octanol–water partition coefficient (Wildman–Crippen LogP) is 2.84. The molecule has 0 aliphatic heterocycles. The maximum absolute atomic E-state index is 12.2. The number of anilines is 1. The van der Waals surface area contributed by atoms with Crippen LogP contribution in [0, 0.1) is 0 Å². The average Bonchev–Trinajstić information content (AvgIpc) is 2.59. The summed E-state index contributed by atoms with van der Waals surface area (Å²) in [5.74, 6) is 0.488. The SMILES string of the molecule is COc1cccc(CCC(=O)Nc2ccccc2SCC(N)=O)c1. The monoisotopic (exact) mass is 344 g/mol. The number of para-hydroxylation sites is 1. The van der Waals surface area contributed by atoms with E-state index in [1.165, 1.54) is 11.8 Å². The molecule has 126 valence electrons. The van der Waals surface area contributed by atoms with Gasteiger partial charge < -0.3 is 15.8 Å². The lowest BCUT2D eigenvalue weighted by Gasteiger charge is -2.10. The Morgan fingerprint density at radius 3 is 2.71 bits per heavy atom. The van der Waals surface area contributed by atoms with E-state index in [0.29, 0.717) is 18.5 Å². The molecule has 5 nitrogen and oxygen atoms in total. The molecule has 0 aliphatic rings. The number of ether oxygens (including phenoxy) is 1. The molecule has 0 atom stereocenters. The fourth-order valence-electron chi connectivity index (χ4n) is 2.14. The van der Waals surface area contributed by atoms with E-state index in [0.717, 1.165) is 16.2 Å². The molecule has 0 bridgehead atoms. The molecule has 0 saturated carbocycles. The average molecular weight is 344 g/mol. The fourth-order valence-corrected chi connectivity index (χ4v) is 2.89. The summed E-state index contributed by atoms with van der Waals surface area (Å²) in [5, 5.41) is 2.89. The Bertz CT molecular complexity index is 719. The van der Waals surface area contributed by atoms with E-state index in [1.54, 1.807) is 7.11 Å². The first kappa shape index (κ1) is 17.9. The molecule has 0 aliphatic carbocycles. The van der Waals surface area contributed by atoms with E-state index in [4.69, 9.17) is 10.5 Å². The van der Waals surface area contributed by atoms with Crippen LogP contribution in [0.5, 0.6) is 5.75 Å². The lowest BCUT2D eigenvalue weighted by atomic mass is 10.1. The zero-order valence-corrected chi connectivity index (χ0v) is 14.3. The van der Waals surface area contributed by atoms with Crippen molar-refractivity contribution in [1.82, 2.24) is 0 Å². The largest absolute Gasteiger partial charge is 0.497 e. The predicted molar refractivity (Wildman–Crippen MR) is 96.3 cm³/mol. The van der Waals surface area contributed by atoms with E-state index >= 15 is 0 Å². The van der Waals surface area contributed by atoms with Crippen molar-refractivity contribution in [3.63, 3.8) is 0 Å². The van der Waals surface area contributed by atoms with Crippen molar-refractivity contribution in [2.75, 3.05) is 18.2 Å². The minimum atomic E-state index is -0.390. The number of benzene rings is 2. The molecule has 0 radical (unpaired) electrons. The van der Waals surface area contributed by atoms with E-state index in [2.05, 4.69) is 5.32 Å². The van der Waals surface area contributed by atoms with Crippen LogP contribution in [0.15, 0.2) is 53.4 Å². The zero-order valence-electron chi connectivity index (χ0n) is 13.5. The molecule has 6 heteroatoms. The van der Waals surface area contributed by atoms with E-state index in [1.807, 2.05) is 48.5 Å². The third-order valence-electron chi connectivity index (χ3n) is 3.31. The van der Waals surface area contributed by atoms with Crippen molar-refractivity contribution >= 4 is 29.3 Å². The summed E-state index contributed by atoms with van der Waals surface area (Å²) in [7, 11) is 1.62. The van der Waals surface area contributed by atoms with Gasteiger partial charge in [-0.05, 0) is 36.2 Å². The second-order valence-electron chi connectivity index (χ2n) is 5.15. The number of carbonyl (C=O) groups is 2. The van der Waals surface area contributed by atoms with Gasteiger partial charge in [-0.3, -0.25) is 9.59 Å². The molecule has 0 heterocycles. The van der Waals surface area contributed by atoms with Gasteiger partial charge in [-0.2, -0.15) is 0 Å². The molecule has 2 aromatic carbocycles. The highest BCUT2D eigenvalue weighted by molar-refractivity contribution is 8.00. The summed E-state index contributed by atoms with van der Waals surface area (Å²) < 4.78 is 5.18. The topological polar surface area (TPSA) is 81.4 Å². The Balaban J connectivity index is 1.93. The standard InChI is InChI=1S/C18H20N2O3S/c1-23-14-6-4-5-13(11-14)9-10-18(22)20-15-7-2-3-8-16(15)24-12-17(19)21/h2-8,11H,9-10,12H2,1H3,(H2,19,21)(H,20,22). The third-order valence-corrected chi connectivity index (χ3v) is 4.40. The lowest BCUT2D eigenvalue weighted by molar-refractivity contribution is -0.116. The number of primary amides is 1. The number of hydrogen-bond acceptors (Lipinski definition) is 4. The van der Waals surface area contributed by atoms with Crippen LogP contribution in [0.3, 0.4) is 0 Å². The first-order chi connectivity index (χ1) is 11.6. The molecule has 3 N–H and O–H groups in total. The van der Waals surface area contributed by atoms with Crippen molar-refractivity contribution in [3.05, 3.63) is 54.1 Å². The molecule has 2 aromatic rings. The first-order valence-electron chi connectivity index (χ1n) is 7.51. The van der Waals surface area contributed by atoms with Crippen molar-refractivity contribution < 1.29 is 14.3 Å². The normalized spacial score (nSPS) is 10.2. The van der Waals surface area contributed by atoms with E-state index < -0.39 is 0 Å². The van der Waals surface area contributed by atoms with Gasteiger partial charge in [0.1, 0.15) is 5.75 Å². The smallest absolute Gasteiger partial charge is 0.227 e. The van der Waals surface area contributed by atoms with Crippen molar-refractivity contribution in [1.29, 1.82) is 0 Å². The number of rotatable bonds is 8. The van der Waals surface area contributed by atoms with Crippen LogP contribution in [0.25, 0.3) is 0 Å². The number of amides is 2. The number of methoxy groups -OCH3 is 1. The summed E-state index contributed by atoms with van der Waals surface area (Å²) in [6, 6.07) is 15.0. The summed E-state index contributed by atoms with van der Waals surface area (Å²) in [6.45, 7) is 0. The number of thioether (sulfide) groups is 1. The minimum absolute atomic E-state index is 0.0788. The minimum Gasteiger partial charge on any atom is -0.497 e. The van der Waals surface area contributed by atoms with Gasteiger partial charge in [-0.15, -0.1) is 11.8 Å². The van der Waals surface area contributed by atoms with Crippen LogP contribution in [-0.2, 0) is 16.0 Å². The molecule has 0 aromatic heterocycles. The first-order valence-corrected chi connectivity index (χ1v) is 8.50. The van der Waals surface area contributed by atoms with Gasteiger partial charge >= 0.3 is 0 Å². The Morgan fingerprint density at radius 2 is 1.96 bits per heavy atom. The number of aryl methyl sites for hydroxylation is 1. The maximum atomic E-state index is 12.2. The maximum Gasteiger partial charge on any atom is 0.227 e. The van der Waals surface area contributed by atoms with Gasteiger partial charge in [-0.1, -0.05) is 24.3 Å². The Hall–Kier alpha value is -2.47. The molecule has 0 saturated heterocycles. The van der Waals surface area contributed by atoms with Gasteiger partial charge in [0.05, 0.1) is 18.6 Å². The van der Waals surface area contributed by atoms with Crippen LogP contribution < -0.4 is 15.8 Å². The summed E-state index contributed by atoms with van der Waals surface area (Å²) >= 11 is 1.31. The van der Waals surface area contributed by atoms with Crippen molar-refractivity contribution in [3.8, 4) is 5.75 Å². The van der Waals surface area contributed by atoms with Gasteiger partial charge in [0.25, 0.3) is 0 Å².